The van der Waals surface area contributed by atoms with E-state index in [1.54, 1.807) is 6.08 Å². The first-order chi connectivity index (χ1) is 16.1. The van der Waals surface area contributed by atoms with Gasteiger partial charge in [-0.2, -0.15) is 0 Å². The van der Waals surface area contributed by atoms with Gasteiger partial charge in [0.05, 0.1) is 18.2 Å². The quantitative estimate of drug-likeness (QED) is 0.176. The summed E-state index contributed by atoms with van der Waals surface area (Å²) in [5.41, 5.74) is 4.41. The lowest BCUT2D eigenvalue weighted by Gasteiger charge is -2.10. The van der Waals surface area contributed by atoms with E-state index in [0.717, 1.165) is 54.6 Å². The Morgan fingerprint density at radius 2 is 1.73 bits per heavy atom. The number of ketones is 1. The third kappa shape index (κ3) is 6.25. The number of nitrogens with zero attached hydrogens (tertiary/aromatic N) is 1. The monoisotopic (exact) mass is 449 g/mol. The molecule has 2 heterocycles. The highest BCUT2D eigenvalue weighted by molar-refractivity contribution is 6.09. The van der Waals surface area contributed by atoms with Gasteiger partial charge >= 0.3 is 5.97 Å². The second kappa shape index (κ2) is 12.6. The molecule has 0 amide bonds. The van der Waals surface area contributed by atoms with Gasteiger partial charge in [0, 0.05) is 17.8 Å². The first kappa shape index (κ1) is 25.0. The maximum absolute atomic E-state index is 13.5. The van der Waals surface area contributed by atoms with Gasteiger partial charge in [0.15, 0.2) is 0 Å². The van der Waals surface area contributed by atoms with E-state index in [-0.39, 0.29) is 17.7 Å². The van der Waals surface area contributed by atoms with Gasteiger partial charge in [-0.1, -0.05) is 89.3 Å². The Hall–Kier alpha value is -2.62. The maximum Gasteiger partial charge on any atom is 0.315 e. The summed E-state index contributed by atoms with van der Waals surface area (Å²) >= 11 is 0. The Bertz CT molecular complexity index is 939. The van der Waals surface area contributed by atoms with Crippen LogP contribution in [0.15, 0.2) is 36.9 Å². The van der Waals surface area contributed by atoms with Crippen molar-refractivity contribution in [3.8, 4) is 0 Å². The highest BCUT2D eigenvalue weighted by Gasteiger charge is 2.35. The predicted octanol–water partition coefficient (Wildman–Crippen LogP) is 7.10. The number of aryl methyl sites for hydroxylation is 1. The molecular formula is C29H39NO3. The molecule has 3 rings (SSSR count). The predicted molar refractivity (Wildman–Crippen MR) is 135 cm³/mol. The van der Waals surface area contributed by atoms with Crippen LogP contribution in [0.5, 0.6) is 0 Å². The molecule has 1 atom stereocenters. The van der Waals surface area contributed by atoms with Gasteiger partial charge in [-0.3, -0.25) is 9.59 Å². The fourth-order valence-corrected chi connectivity index (χ4v) is 4.69. The van der Waals surface area contributed by atoms with E-state index in [1.807, 2.05) is 24.3 Å². The van der Waals surface area contributed by atoms with Crippen LogP contribution in [0.3, 0.4) is 0 Å². The molecule has 0 fully saturated rings. The van der Waals surface area contributed by atoms with Crippen molar-refractivity contribution in [2.75, 3.05) is 6.61 Å². The van der Waals surface area contributed by atoms with E-state index >= 15 is 0 Å². The van der Waals surface area contributed by atoms with Gasteiger partial charge in [-0.25, -0.2) is 0 Å². The third-order valence-corrected chi connectivity index (χ3v) is 6.66. The lowest BCUT2D eigenvalue weighted by molar-refractivity contribution is -0.145. The van der Waals surface area contributed by atoms with E-state index in [2.05, 4.69) is 31.1 Å². The number of hydrogen-bond acceptors (Lipinski definition) is 3. The molecule has 0 spiro atoms. The summed E-state index contributed by atoms with van der Waals surface area (Å²) in [5, 5.41) is 0. The molecule has 1 unspecified atom stereocenters. The molecule has 33 heavy (non-hydrogen) atoms. The van der Waals surface area contributed by atoms with E-state index in [1.165, 1.54) is 25.7 Å². The molecule has 1 aliphatic heterocycles. The molecule has 4 nitrogen and oxygen atoms in total. The summed E-state index contributed by atoms with van der Waals surface area (Å²) < 4.78 is 7.72. The second-order valence-electron chi connectivity index (χ2n) is 9.13. The van der Waals surface area contributed by atoms with E-state index < -0.39 is 0 Å². The second-order valence-corrected chi connectivity index (χ2v) is 9.13. The first-order valence-corrected chi connectivity index (χ1v) is 12.8. The van der Waals surface area contributed by atoms with Crippen LogP contribution in [-0.2, 0) is 22.5 Å². The summed E-state index contributed by atoms with van der Waals surface area (Å²) in [7, 11) is 0. The van der Waals surface area contributed by atoms with E-state index in [9.17, 15) is 9.59 Å². The molecule has 0 radical (unpaired) electrons. The SMILES string of the molecule is C=Cc1ccc(C(=O)c2c(CCCC)cc3n2CCC3C(=O)OCCCCCCCC)cc1. The van der Waals surface area contributed by atoms with Crippen LogP contribution in [0.2, 0.25) is 0 Å². The zero-order valence-electron chi connectivity index (χ0n) is 20.4. The molecule has 1 aromatic carbocycles. The van der Waals surface area contributed by atoms with Crippen LogP contribution < -0.4 is 0 Å². The van der Waals surface area contributed by atoms with Crippen molar-refractivity contribution >= 4 is 17.8 Å². The van der Waals surface area contributed by atoms with E-state index in [0.29, 0.717) is 25.1 Å². The standard InChI is InChI=1S/C29H39NO3/c1-4-7-9-10-11-12-20-33-29(32)25-18-19-30-26(25)21-24(13-8-5-2)27(30)28(31)23-16-14-22(6-3)15-17-23/h6,14-17,21,25H,3-5,7-13,18-20H2,1-2H3. The van der Waals surface area contributed by atoms with Crippen LogP contribution in [0.1, 0.15) is 110 Å². The fraction of sp³-hybridized carbons (Fsp3) is 0.517. The number of carbonyl (C=O) groups is 2. The number of rotatable bonds is 14. The third-order valence-electron chi connectivity index (χ3n) is 6.66. The number of unbranched alkanes of at least 4 members (excludes halogenated alkanes) is 6. The highest BCUT2D eigenvalue weighted by atomic mass is 16.5. The maximum atomic E-state index is 13.5. The van der Waals surface area contributed by atoms with Gasteiger partial charge in [0.2, 0.25) is 5.78 Å². The smallest absolute Gasteiger partial charge is 0.315 e. The molecular weight excluding hydrogens is 410 g/mol. The zero-order valence-corrected chi connectivity index (χ0v) is 20.4. The molecule has 0 N–H and O–H groups in total. The Kier molecular flexibility index (Phi) is 9.53. The minimum absolute atomic E-state index is 0.0315. The summed E-state index contributed by atoms with van der Waals surface area (Å²) in [6.07, 6.45) is 12.4. The lowest BCUT2D eigenvalue weighted by Crippen LogP contribution is -2.14. The van der Waals surface area contributed by atoms with Crippen molar-refractivity contribution in [2.45, 2.75) is 90.5 Å². The van der Waals surface area contributed by atoms with Crippen molar-refractivity contribution < 1.29 is 14.3 Å². The molecule has 0 saturated heterocycles. The Labute approximate surface area is 199 Å². The summed E-state index contributed by atoms with van der Waals surface area (Å²) in [5.74, 6) is -0.379. The number of hydrogen-bond donors (Lipinski definition) is 0. The number of fused-ring (bicyclic) bond motifs is 1. The molecule has 178 valence electrons. The van der Waals surface area contributed by atoms with Crippen LogP contribution in [0.4, 0.5) is 0 Å². The minimum Gasteiger partial charge on any atom is -0.465 e. The normalized spacial score (nSPS) is 14.8. The van der Waals surface area contributed by atoms with E-state index in [4.69, 9.17) is 4.74 Å². The Morgan fingerprint density at radius 1 is 1.03 bits per heavy atom. The average molecular weight is 450 g/mol. The summed E-state index contributed by atoms with van der Waals surface area (Å²) in [4.78, 5) is 26.3. The summed E-state index contributed by atoms with van der Waals surface area (Å²) in [6, 6.07) is 9.66. The minimum atomic E-state index is -0.268. The van der Waals surface area contributed by atoms with Crippen LogP contribution in [0, 0.1) is 0 Å². The molecule has 2 aromatic rings. The first-order valence-electron chi connectivity index (χ1n) is 12.8. The molecule has 1 aliphatic rings. The van der Waals surface area contributed by atoms with Gasteiger partial charge in [-0.15, -0.1) is 0 Å². The van der Waals surface area contributed by atoms with Gasteiger partial charge < -0.3 is 9.30 Å². The zero-order chi connectivity index (χ0) is 23.6. The van der Waals surface area contributed by atoms with Crippen molar-refractivity contribution in [3.05, 3.63) is 65.0 Å². The Balaban J connectivity index is 1.72. The number of esters is 1. The average Bonchev–Trinajstić information content (AvgIpc) is 3.40. The fourth-order valence-electron chi connectivity index (χ4n) is 4.69. The van der Waals surface area contributed by atoms with Gasteiger partial charge in [0.25, 0.3) is 0 Å². The van der Waals surface area contributed by atoms with Gasteiger partial charge in [-0.05, 0) is 42.9 Å². The molecule has 4 heteroatoms. The molecule has 1 aromatic heterocycles. The van der Waals surface area contributed by atoms with Crippen LogP contribution >= 0.6 is 0 Å². The van der Waals surface area contributed by atoms with Crippen molar-refractivity contribution in [1.29, 1.82) is 0 Å². The Morgan fingerprint density at radius 3 is 2.42 bits per heavy atom. The molecule has 0 aliphatic carbocycles. The number of ether oxygens (including phenoxy) is 1. The van der Waals surface area contributed by atoms with Crippen LogP contribution in [-0.4, -0.2) is 22.9 Å². The number of carbonyl (C=O) groups excluding carboxylic acids is 2. The number of aromatic nitrogens is 1. The highest BCUT2D eigenvalue weighted by Crippen LogP contribution is 2.35. The summed E-state index contributed by atoms with van der Waals surface area (Å²) in [6.45, 7) is 9.33. The van der Waals surface area contributed by atoms with Crippen molar-refractivity contribution in [3.63, 3.8) is 0 Å². The molecule has 0 saturated carbocycles. The molecule has 0 bridgehead atoms. The van der Waals surface area contributed by atoms with Crippen LogP contribution in [0.25, 0.3) is 6.08 Å². The van der Waals surface area contributed by atoms with Crippen molar-refractivity contribution in [1.82, 2.24) is 4.57 Å². The largest absolute Gasteiger partial charge is 0.465 e. The van der Waals surface area contributed by atoms with Gasteiger partial charge in [0.1, 0.15) is 0 Å². The lowest BCUT2D eigenvalue weighted by atomic mass is 9.99. The topological polar surface area (TPSA) is 48.3 Å². The van der Waals surface area contributed by atoms with Crippen molar-refractivity contribution in [2.24, 2.45) is 0 Å². The number of benzene rings is 1.